The fourth-order valence-electron chi connectivity index (χ4n) is 4.72. The number of ether oxygens (including phenoxy) is 1. The SMILES string of the molecule is CCCN1C=CC=CC1N1CC[C@H](Nc2nc(-c3n[nH]c(=O)[nH]3)cc3cccc(OC)c23)C1. The largest absolute Gasteiger partial charge is 0.496 e. The summed E-state index contributed by atoms with van der Waals surface area (Å²) in [5.41, 5.74) is 0.241. The van der Waals surface area contributed by atoms with Crippen LogP contribution in [0.1, 0.15) is 19.8 Å². The van der Waals surface area contributed by atoms with Crippen LogP contribution in [0.3, 0.4) is 0 Å². The van der Waals surface area contributed by atoms with Crippen LogP contribution in [0.5, 0.6) is 5.75 Å². The summed E-state index contributed by atoms with van der Waals surface area (Å²) in [7, 11) is 1.67. The van der Waals surface area contributed by atoms with Crippen molar-refractivity contribution in [2.24, 2.45) is 0 Å². The number of pyridine rings is 1. The fourth-order valence-corrected chi connectivity index (χ4v) is 4.72. The maximum atomic E-state index is 11.6. The average Bonchev–Trinajstić information content (AvgIpc) is 3.48. The lowest BCUT2D eigenvalue weighted by Crippen LogP contribution is -2.45. The molecule has 0 spiro atoms. The molecule has 2 aromatic heterocycles. The van der Waals surface area contributed by atoms with E-state index in [2.05, 4.69) is 61.6 Å². The van der Waals surface area contributed by atoms with Crippen LogP contribution in [0.15, 0.2) is 53.5 Å². The Balaban J connectivity index is 1.44. The van der Waals surface area contributed by atoms with Gasteiger partial charge in [-0.05, 0) is 42.5 Å². The molecular formula is C24H29N7O2. The lowest BCUT2D eigenvalue weighted by Gasteiger charge is -2.36. The van der Waals surface area contributed by atoms with E-state index in [1.165, 1.54) is 0 Å². The molecule has 1 fully saturated rings. The Labute approximate surface area is 192 Å². The fraction of sp³-hybridized carbons (Fsp3) is 0.375. The number of nitrogens with zero attached hydrogens (tertiary/aromatic N) is 4. The molecule has 9 heteroatoms. The van der Waals surface area contributed by atoms with Gasteiger partial charge in [-0.3, -0.25) is 9.88 Å². The summed E-state index contributed by atoms with van der Waals surface area (Å²) >= 11 is 0. The van der Waals surface area contributed by atoms with Crippen LogP contribution in [0.4, 0.5) is 5.82 Å². The number of allylic oxidation sites excluding steroid dienone is 2. The second kappa shape index (κ2) is 9.11. The van der Waals surface area contributed by atoms with Gasteiger partial charge in [0.15, 0.2) is 5.82 Å². The van der Waals surface area contributed by atoms with Gasteiger partial charge in [-0.2, -0.15) is 5.10 Å². The highest BCUT2D eigenvalue weighted by atomic mass is 16.5. The maximum absolute atomic E-state index is 11.6. The highest BCUT2D eigenvalue weighted by Gasteiger charge is 2.30. The zero-order valence-electron chi connectivity index (χ0n) is 18.9. The van der Waals surface area contributed by atoms with E-state index >= 15 is 0 Å². The van der Waals surface area contributed by atoms with Crippen molar-refractivity contribution in [2.45, 2.75) is 32.0 Å². The van der Waals surface area contributed by atoms with Gasteiger partial charge in [0.1, 0.15) is 23.4 Å². The molecule has 2 aliphatic heterocycles. The Morgan fingerprint density at radius 2 is 2.21 bits per heavy atom. The molecule has 0 aliphatic carbocycles. The minimum Gasteiger partial charge on any atom is -0.496 e. The van der Waals surface area contributed by atoms with Gasteiger partial charge in [0.25, 0.3) is 0 Å². The van der Waals surface area contributed by atoms with Gasteiger partial charge in [-0.15, -0.1) is 0 Å². The van der Waals surface area contributed by atoms with Crippen molar-refractivity contribution in [2.75, 3.05) is 32.1 Å². The van der Waals surface area contributed by atoms with Crippen molar-refractivity contribution in [3.8, 4) is 17.3 Å². The van der Waals surface area contributed by atoms with E-state index < -0.39 is 0 Å². The van der Waals surface area contributed by atoms with Gasteiger partial charge in [0.05, 0.1) is 12.5 Å². The summed E-state index contributed by atoms with van der Waals surface area (Å²) in [4.78, 5) is 24.0. The summed E-state index contributed by atoms with van der Waals surface area (Å²) in [6.45, 7) is 5.15. The third kappa shape index (κ3) is 4.23. The van der Waals surface area contributed by atoms with E-state index in [4.69, 9.17) is 9.72 Å². The number of nitrogens with one attached hydrogen (secondary N) is 3. The van der Waals surface area contributed by atoms with Crippen molar-refractivity contribution < 1.29 is 4.74 Å². The molecule has 0 bridgehead atoms. The quantitative estimate of drug-likeness (QED) is 0.512. The van der Waals surface area contributed by atoms with Crippen LogP contribution in [0.2, 0.25) is 0 Å². The number of fused-ring (bicyclic) bond motifs is 1. The molecule has 2 atom stereocenters. The third-order valence-electron chi connectivity index (χ3n) is 6.21. The molecule has 5 rings (SSSR count). The molecule has 172 valence electrons. The van der Waals surface area contributed by atoms with Crippen LogP contribution in [0.25, 0.3) is 22.3 Å². The Morgan fingerprint density at radius 1 is 1.30 bits per heavy atom. The number of anilines is 1. The summed E-state index contributed by atoms with van der Waals surface area (Å²) in [5.74, 6) is 1.91. The third-order valence-corrected chi connectivity index (χ3v) is 6.21. The predicted octanol–water partition coefficient (Wildman–Crippen LogP) is 2.93. The molecule has 1 saturated heterocycles. The van der Waals surface area contributed by atoms with Gasteiger partial charge in [-0.25, -0.2) is 14.9 Å². The lowest BCUT2D eigenvalue weighted by molar-refractivity contribution is 0.135. The first kappa shape index (κ1) is 21.3. The van der Waals surface area contributed by atoms with Crippen LogP contribution in [-0.4, -0.2) is 68.9 Å². The van der Waals surface area contributed by atoms with Gasteiger partial charge < -0.3 is 15.0 Å². The molecule has 1 unspecified atom stereocenters. The van der Waals surface area contributed by atoms with E-state index in [9.17, 15) is 4.79 Å². The van der Waals surface area contributed by atoms with Gasteiger partial charge in [0, 0.05) is 31.9 Å². The van der Waals surface area contributed by atoms with Crippen molar-refractivity contribution in [1.82, 2.24) is 30.0 Å². The summed E-state index contributed by atoms with van der Waals surface area (Å²) in [6.07, 6.45) is 11.1. The second-order valence-electron chi connectivity index (χ2n) is 8.44. The van der Waals surface area contributed by atoms with Crippen molar-refractivity contribution in [1.29, 1.82) is 0 Å². The lowest BCUT2D eigenvalue weighted by atomic mass is 10.1. The van der Waals surface area contributed by atoms with Crippen LogP contribution < -0.4 is 15.7 Å². The number of methoxy groups -OCH3 is 1. The van der Waals surface area contributed by atoms with Crippen molar-refractivity contribution in [3.63, 3.8) is 0 Å². The minimum absolute atomic E-state index is 0.238. The molecule has 4 heterocycles. The molecule has 0 radical (unpaired) electrons. The minimum atomic E-state index is -0.357. The smallest absolute Gasteiger partial charge is 0.340 e. The van der Waals surface area contributed by atoms with Crippen LogP contribution >= 0.6 is 0 Å². The number of rotatable bonds is 7. The molecule has 0 saturated carbocycles. The van der Waals surface area contributed by atoms with E-state index in [-0.39, 0.29) is 17.9 Å². The zero-order valence-corrected chi connectivity index (χ0v) is 18.9. The standard InChI is InChI=1S/C24H29N7O2/c1-3-11-30-12-5-4-9-20(30)31-13-10-17(15-31)25-23-21-16(7-6-8-19(21)33-2)14-18(26-23)22-27-24(32)29-28-22/h4-9,12,14,17,20H,3,10-11,13,15H2,1-2H3,(H,25,26)(H2,27,28,29,32)/t17-,20?/m0/s1. The molecule has 3 aromatic rings. The first-order valence-corrected chi connectivity index (χ1v) is 11.4. The van der Waals surface area contributed by atoms with E-state index in [0.717, 1.165) is 54.8 Å². The Morgan fingerprint density at radius 3 is 3.00 bits per heavy atom. The predicted molar refractivity (Wildman–Crippen MR) is 129 cm³/mol. The molecule has 9 nitrogen and oxygen atoms in total. The Bertz CT molecular complexity index is 1250. The number of benzene rings is 1. The van der Waals surface area contributed by atoms with Gasteiger partial charge >= 0.3 is 5.69 Å². The first-order valence-electron chi connectivity index (χ1n) is 11.4. The highest BCUT2D eigenvalue weighted by molar-refractivity contribution is 5.98. The molecule has 1 aromatic carbocycles. The zero-order chi connectivity index (χ0) is 22.8. The Kier molecular flexibility index (Phi) is 5.87. The number of aromatic nitrogens is 4. The number of hydrogen-bond donors (Lipinski definition) is 3. The number of aromatic amines is 2. The summed E-state index contributed by atoms with van der Waals surface area (Å²) in [6, 6.07) is 8.06. The van der Waals surface area contributed by atoms with E-state index in [1.807, 2.05) is 24.3 Å². The normalized spacial score (nSPS) is 20.6. The average molecular weight is 448 g/mol. The van der Waals surface area contributed by atoms with Crippen LogP contribution in [-0.2, 0) is 0 Å². The first-order chi connectivity index (χ1) is 16.2. The number of H-pyrrole nitrogens is 2. The Hall–Kier alpha value is -3.59. The summed E-state index contributed by atoms with van der Waals surface area (Å²) in [5, 5.41) is 12.0. The molecule has 3 N–H and O–H groups in total. The molecular weight excluding hydrogens is 418 g/mol. The van der Waals surface area contributed by atoms with Gasteiger partial charge in [-0.1, -0.05) is 25.1 Å². The monoisotopic (exact) mass is 447 g/mol. The maximum Gasteiger partial charge on any atom is 0.340 e. The molecule has 0 amide bonds. The second-order valence-corrected chi connectivity index (χ2v) is 8.44. The molecule has 2 aliphatic rings. The van der Waals surface area contributed by atoms with Crippen molar-refractivity contribution >= 4 is 16.6 Å². The number of likely N-dealkylation sites (tertiary alicyclic amines) is 1. The highest BCUT2D eigenvalue weighted by Crippen LogP contribution is 2.34. The molecule has 33 heavy (non-hydrogen) atoms. The number of hydrogen-bond acceptors (Lipinski definition) is 7. The van der Waals surface area contributed by atoms with Gasteiger partial charge in [0.2, 0.25) is 0 Å². The van der Waals surface area contributed by atoms with E-state index in [0.29, 0.717) is 11.5 Å². The van der Waals surface area contributed by atoms with E-state index in [1.54, 1.807) is 7.11 Å². The van der Waals surface area contributed by atoms with Crippen LogP contribution in [0, 0.1) is 0 Å². The topological polar surface area (TPSA) is 102 Å². The summed E-state index contributed by atoms with van der Waals surface area (Å²) < 4.78 is 5.65. The van der Waals surface area contributed by atoms with Crippen molar-refractivity contribution in [3.05, 3.63) is 59.2 Å².